The van der Waals surface area contributed by atoms with Gasteiger partial charge in [0.05, 0.1) is 13.2 Å². The van der Waals surface area contributed by atoms with E-state index in [0.29, 0.717) is 5.41 Å². The summed E-state index contributed by atoms with van der Waals surface area (Å²) in [6, 6.07) is 0. The van der Waals surface area contributed by atoms with E-state index in [1.807, 2.05) is 0 Å². The van der Waals surface area contributed by atoms with Crippen LogP contribution in [0.15, 0.2) is 0 Å². The maximum absolute atomic E-state index is 5.94. The van der Waals surface area contributed by atoms with Gasteiger partial charge in [0.25, 0.3) is 0 Å². The van der Waals surface area contributed by atoms with Gasteiger partial charge in [-0.25, -0.2) is 0 Å². The van der Waals surface area contributed by atoms with Crippen molar-refractivity contribution in [3.05, 3.63) is 0 Å². The molecule has 0 aromatic rings. The van der Waals surface area contributed by atoms with E-state index >= 15 is 0 Å². The molecule has 1 aliphatic heterocycles. The maximum Gasteiger partial charge on any atom is 0.157 e. The highest BCUT2D eigenvalue weighted by molar-refractivity contribution is 4.80. The lowest BCUT2D eigenvalue weighted by Gasteiger charge is -2.39. The minimum absolute atomic E-state index is 0.0724. The number of unbranched alkanes of at least 4 members (excludes halogenated alkanes) is 4. The molecule has 0 aliphatic carbocycles. The number of hydrogen-bond donors (Lipinski definition) is 0. The van der Waals surface area contributed by atoms with E-state index in [4.69, 9.17) is 9.47 Å². The van der Waals surface area contributed by atoms with E-state index < -0.39 is 0 Å². The molecule has 0 bridgehead atoms. The van der Waals surface area contributed by atoms with Gasteiger partial charge in [-0.2, -0.15) is 0 Å². The van der Waals surface area contributed by atoms with Gasteiger partial charge >= 0.3 is 0 Å². The summed E-state index contributed by atoms with van der Waals surface area (Å²) >= 11 is 0. The summed E-state index contributed by atoms with van der Waals surface area (Å²) in [5, 5.41) is 0. The molecule has 0 aromatic carbocycles. The summed E-state index contributed by atoms with van der Waals surface area (Å²) in [6.45, 7) is 8.58. The van der Waals surface area contributed by atoms with Crippen LogP contribution >= 0.6 is 0 Å². The van der Waals surface area contributed by atoms with Crippen molar-refractivity contribution in [2.24, 2.45) is 5.41 Å². The minimum Gasteiger partial charge on any atom is -0.352 e. The lowest BCUT2D eigenvalue weighted by atomic mass is 9.81. The Morgan fingerprint density at radius 1 is 0.889 bits per heavy atom. The van der Waals surface area contributed by atoms with Crippen LogP contribution in [-0.4, -0.2) is 19.5 Å². The van der Waals surface area contributed by atoms with Crippen LogP contribution in [0.4, 0.5) is 0 Å². The van der Waals surface area contributed by atoms with Gasteiger partial charge in [0.2, 0.25) is 0 Å². The molecule has 1 rings (SSSR count). The lowest BCUT2D eigenvalue weighted by Crippen LogP contribution is -2.41. The molecule has 1 saturated heterocycles. The van der Waals surface area contributed by atoms with Gasteiger partial charge in [-0.15, -0.1) is 0 Å². The molecular formula is C16H32O2. The van der Waals surface area contributed by atoms with Crippen molar-refractivity contribution in [3.63, 3.8) is 0 Å². The average Bonchev–Trinajstić information content (AvgIpc) is 2.43. The molecule has 18 heavy (non-hydrogen) atoms. The van der Waals surface area contributed by atoms with Gasteiger partial charge in [-0.1, -0.05) is 52.9 Å². The Bertz CT molecular complexity index is 195. The van der Waals surface area contributed by atoms with Gasteiger partial charge in [0.1, 0.15) is 0 Å². The molecule has 1 fully saturated rings. The standard InChI is InChI=1S/C16H32O2/c1-4-7-9-10-11-15-17-13-16(6-3,14-18-15)12-8-5-2/h15H,4-14H2,1-3H3. The van der Waals surface area contributed by atoms with Gasteiger partial charge in [0, 0.05) is 5.41 Å². The fourth-order valence-corrected chi connectivity index (χ4v) is 2.61. The normalized spacial score (nSPS) is 28.5. The largest absolute Gasteiger partial charge is 0.352 e. The van der Waals surface area contributed by atoms with E-state index in [0.717, 1.165) is 19.6 Å². The molecule has 0 radical (unpaired) electrons. The summed E-state index contributed by atoms with van der Waals surface area (Å²) in [4.78, 5) is 0. The molecule has 0 amide bonds. The van der Waals surface area contributed by atoms with Crippen molar-refractivity contribution in [1.29, 1.82) is 0 Å². The summed E-state index contributed by atoms with van der Waals surface area (Å²) in [5.41, 5.74) is 0.302. The van der Waals surface area contributed by atoms with Crippen LogP contribution in [0.2, 0.25) is 0 Å². The highest BCUT2D eigenvalue weighted by Gasteiger charge is 2.34. The Hall–Kier alpha value is -0.0800. The van der Waals surface area contributed by atoms with Gasteiger partial charge in [0.15, 0.2) is 6.29 Å². The van der Waals surface area contributed by atoms with E-state index in [2.05, 4.69) is 20.8 Å². The van der Waals surface area contributed by atoms with Crippen LogP contribution in [0.5, 0.6) is 0 Å². The number of hydrogen-bond acceptors (Lipinski definition) is 2. The number of rotatable bonds is 9. The van der Waals surface area contributed by atoms with Crippen LogP contribution in [0.25, 0.3) is 0 Å². The summed E-state index contributed by atoms with van der Waals surface area (Å²) < 4.78 is 11.9. The average molecular weight is 256 g/mol. The Morgan fingerprint density at radius 2 is 1.56 bits per heavy atom. The van der Waals surface area contributed by atoms with Crippen molar-refractivity contribution in [2.45, 2.75) is 84.8 Å². The predicted octanol–water partition coefficient (Wildman–Crippen LogP) is 4.92. The number of ether oxygens (including phenoxy) is 2. The zero-order valence-corrected chi connectivity index (χ0v) is 12.7. The lowest BCUT2D eigenvalue weighted by molar-refractivity contribution is -0.234. The topological polar surface area (TPSA) is 18.5 Å². The van der Waals surface area contributed by atoms with Gasteiger partial charge < -0.3 is 9.47 Å². The minimum atomic E-state index is 0.0724. The Morgan fingerprint density at radius 3 is 2.11 bits per heavy atom. The highest BCUT2D eigenvalue weighted by Crippen LogP contribution is 2.34. The molecular weight excluding hydrogens is 224 g/mol. The third kappa shape index (κ3) is 5.27. The second-order valence-electron chi connectivity index (χ2n) is 5.86. The molecule has 1 aliphatic rings. The van der Waals surface area contributed by atoms with Crippen LogP contribution in [0.1, 0.15) is 78.6 Å². The zero-order chi connectivity index (χ0) is 13.3. The molecule has 0 N–H and O–H groups in total. The molecule has 0 unspecified atom stereocenters. The maximum atomic E-state index is 5.94. The summed E-state index contributed by atoms with van der Waals surface area (Å²) in [7, 11) is 0. The van der Waals surface area contributed by atoms with E-state index in [1.54, 1.807) is 0 Å². The van der Waals surface area contributed by atoms with Crippen molar-refractivity contribution in [1.82, 2.24) is 0 Å². The first-order chi connectivity index (χ1) is 8.76. The second kappa shape index (κ2) is 8.92. The van der Waals surface area contributed by atoms with E-state index in [9.17, 15) is 0 Å². The van der Waals surface area contributed by atoms with Crippen LogP contribution in [0.3, 0.4) is 0 Å². The Balaban J connectivity index is 2.21. The predicted molar refractivity (Wildman–Crippen MR) is 76.7 cm³/mol. The van der Waals surface area contributed by atoms with E-state index in [1.165, 1.54) is 51.4 Å². The molecule has 0 saturated carbocycles. The SMILES string of the molecule is CCCCCCC1OCC(CC)(CCCC)CO1. The Labute approximate surface area is 113 Å². The zero-order valence-electron chi connectivity index (χ0n) is 12.7. The fraction of sp³-hybridized carbons (Fsp3) is 1.00. The summed E-state index contributed by atoms with van der Waals surface area (Å²) in [5.74, 6) is 0. The third-order valence-corrected chi connectivity index (χ3v) is 4.25. The fourth-order valence-electron chi connectivity index (χ4n) is 2.61. The molecule has 2 nitrogen and oxygen atoms in total. The summed E-state index contributed by atoms with van der Waals surface area (Å²) in [6.07, 6.45) is 11.3. The smallest absolute Gasteiger partial charge is 0.157 e. The van der Waals surface area contributed by atoms with Crippen LogP contribution in [0, 0.1) is 5.41 Å². The molecule has 0 aromatic heterocycles. The molecule has 1 heterocycles. The molecule has 108 valence electrons. The van der Waals surface area contributed by atoms with Crippen molar-refractivity contribution < 1.29 is 9.47 Å². The third-order valence-electron chi connectivity index (χ3n) is 4.25. The van der Waals surface area contributed by atoms with Crippen LogP contribution < -0.4 is 0 Å². The first kappa shape index (κ1) is 16.0. The molecule has 0 atom stereocenters. The van der Waals surface area contributed by atoms with E-state index in [-0.39, 0.29) is 6.29 Å². The van der Waals surface area contributed by atoms with Crippen LogP contribution in [-0.2, 0) is 9.47 Å². The second-order valence-corrected chi connectivity index (χ2v) is 5.86. The van der Waals surface area contributed by atoms with Gasteiger partial charge in [-0.3, -0.25) is 0 Å². The first-order valence-electron chi connectivity index (χ1n) is 7.99. The van der Waals surface area contributed by atoms with Crippen molar-refractivity contribution in [2.75, 3.05) is 13.2 Å². The van der Waals surface area contributed by atoms with Gasteiger partial charge in [-0.05, 0) is 25.7 Å². The monoisotopic (exact) mass is 256 g/mol. The van der Waals surface area contributed by atoms with Crippen molar-refractivity contribution >= 4 is 0 Å². The highest BCUT2D eigenvalue weighted by atomic mass is 16.7. The molecule has 2 heteroatoms. The van der Waals surface area contributed by atoms with Crippen molar-refractivity contribution in [3.8, 4) is 0 Å². The quantitative estimate of drug-likeness (QED) is 0.545. The molecule has 0 spiro atoms. The first-order valence-corrected chi connectivity index (χ1v) is 7.99. The Kier molecular flexibility index (Phi) is 7.92.